The molecule has 1 aliphatic rings. The van der Waals surface area contributed by atoms with Gasteiger partial charge in [0.15, 0.2) is 0 Å². The molecule has 0 unspecified atom stereocenters. The topological polar surface area (TPSA) is 3.24 Å². The highest BCUT2D eigenvalue weighted by atomic mass is 32.1. The Hall–Kier alpha value is -5.52. The lowest BCUT2D eigenvalue weighted by Gasteiger charge is -2.28. The number of rotatable bonds is 4. The van der Waals surface area contributed by atoms with E-state index in [-0.39, 0.29) is 0 Å². The van der Waals surface area contributed by atoms with Crippen LogP contribution >= 0.6 is 22.7 Å². The number of nitrogens with zero attached hydrogens (tertiary/aromatic N) is 1. The molecule has 0 bridgehead atoms. The van der Waals surface area contributed by atoms with E-state index in [4.69, 9.17) is 0 Å². The van der Waals surface area contributed by atoms with E-state index in [1.54, 1.807) is 5.19 Å². The molecule has 10 aromatic rings. The van der Waals surface area contributed by atoms with Gasteiger partial charge in [-0.15, -0.1) is 22.7 Å². The van der Waals surface area contributed by atoms with Crippen molar-refractivity contribution < 1.29 is 0 Å². The van der Waals surface area contributed by atoms with Crippen LogP contribution in [-0.4, -0.2) is 8.07 Å². The minimum absolute atomic E-state index is 1.16. The summed E-state index contributed by atoms with van der Waals surface area (Å²) in [5.74, 6) is 0. The Kier molecular flexibility index (Phi) is 6.51. The second-order valence-electron chi connectivity index (χ2n) is 14.5. The van der Waals surface area contributed by atoms with Crippen LogP contribution in [0.3, 0.4) is 0 Å². The minimum atomic E-state index is -2.00. The lowest BCUT2D eigenvalue weighted by Crippen LogP contribution is -2.49. The summed E-state index contributed by atoms with van der Waals surface area (Å²) < 4.78 is 5.44. The summed E-state index contributed by atoms with van der Waals surface area (Å²) in [6.45, 7) is 5.07. The summed E-state index contributed by atoms with van der Waals surface area (Å²) in [5.41, 5.74) is 8.86. The van der Waals surface area contributed by atoms with Gasteiger partial charge in [-0.3, -0.25) is 0 Å². The van der Waals surface area contributed by atoms with Gasteiger partial charge < -0.3 is 4.90 Å². The van der Waals surface area contributed by atoms with Crippen molar-refractivity contribution in [2.24, 2.45) is 0 Å². The molecule has 1 aliphatic heterocycles. The number of anilines is 3. The van der Waals surface area contributed by atoms with Crippen LogP contribution in [0.5, 0.6) is 0 Å². The van der Waals surface area contributed by atoms with Crippen LogP contribution in [0.15, 0.2) is 164 Å². The zero-order valence-electron chi connectivity index (χ0n) is 28.9. The number of benzene rings is 8. The van der Waals surface area contributed by atoms with E-state index in [2.05, 4.69) is 182 Å². The average Bonchev–Trinajstić information content (AvgIpc) is 3.82. The first-order valence-corrected chi connectivity index (χ1v) is 22.5. The molecular weight excluding hydrogens is 683 g/mol. The zero-order valence-corrected chi connectivity index (χ0v) is 31.5. The van der Waals surface area contributed by atoms with Crippen molar-refractivity contribution in [3.63, 3.8) is 0 Å². The highest BCUT2D eigenvalue weighted by molar-refractivity contribution is 7.27. The number of hydrogen-bond acceptors (Lipinski definition) is 3. The molecule has 4 heteroatoms. The van der Waals surface area contributed by atoms with Crippen LogP contribution < -0.4 is 15.3 Å². The van der Waals surface area contributed by atoms with Gasteiger partial charge in [-0.2, -0.15) is 0 Å². The second kappa shape index (κ2) is 11.2. The normalized spacial score (nSPS) is 13.3. The second-order valence-corrected chi connectivity index (χ2v) is 21.0. The summed E-state index contributed by atoms with van der Waals surface area (Å²) in [4.78, 5) is 2.49. The summed E-state index contributed by atoms with van der Waals surface area (Å²) in [7, 11) is -2.00. The van der Waals surface area contributed by atoms with E-state index in [9.17, 15) is 0 Å². The first-order chi connectivity index (χ1) is 25.5. The minimum Gasteiger partial charge on any atom is -0.310 e. The van der Waals surface area contributed by atoms with Crippen molar-refractivity contribution in [3.05, 3.63) is 164 Å². The molecule has 0 saturated carbocycles. The van der Waals surface area contributed by atoms with Gasteiger partial charge in [0.1, 0.15) is 8.07 Å². The van der Waals surface area contributed by atoms with Crippen LogP contribution in [0, 0.1) is 0 Å². The predicted octanol–water partition coefficient (Wildman–Crippen LogP) is 13.5. The Morgan fingerprint density at radius 2 is 1.10 bits per heavy atom. The first-order valence-electron chi connectivity index (χ1n) is 17.9. The van der Waals surface area contributed by atoms with Crippen LogP contribution in [-0.2, 0) is 0 Å². The van der Waals surface area contributed by atoms with Crippen molar-refractivity contribution in [1.29, 1.82) is 0 Å². The molecule has 3 heterocycles. The smallest absolute Gasteiger partial charge is 0.114 e. The molecule has 1 nitrogen and oxygen atoms in total. The Bertz CT molecular complexity index is 3080. The third-order valence-corrected chi connectivity index (χ3v) is 17.1. The van der Waals surface area contributed by atoms with Gasteiger partial charge in [0.25, 0.3) is 0 Å². The van der Waals surface area contributed by atoms with Crippen LogP contribution in [0.25, 0.3) is 73.4 Å². The van der Waals surface area contributed by atoms with Crippen molar-refractivity contribution in [2.75, 3.05) is 4.90 Å². The average molecular weight is 716 g/mol. The molecule has 0 aliphatic carbocycles. The highest BCUT2D eigenvalue weighted by Crippen LogP contribution is 2.45. The fraction of sp³-hybridized carbons (Fsp3) is 0.0417. The van der Waals surface area contributed by atoms with Crippen molar-refractivity contribution >= 4 is 109 Å². The molecule has 52 heavy (non-hydrogen) atoms. The molecule has 246 valence electrons. The fourth-order valence-corrected chi connectivity index (χ4v) is 14.1. The summed E-state index contributed by atoms with van der Waals surface area (Å²) >= 11 is 3.82. The molecule has 0 saturated heterocycles. The molecule has 0 atom stereocenters. The molecule has 2 aromatic heterocycles. The van der Waals surface area contributed by atoms with Crippen LogP contribution in [0.2, 0.25) is 13.1 Å². The summed E-state index contributed by atoms with van der Waals surface area (Å²) in [6.07, 6.45) is 0. The van der Waals surface area contributed by atoms with E-state index < -0.39 is 8.07 Å². The third-order valence-electron chi connectivity index (χ3n) is 11.2. The van der Waals surface area contributed by atoms with Gasteiger partial charge in [-0.05, 0) is 104 Å². The standard InChI is InChI=1S/C48H33NS2Si/c1-52(2)45-25-23-39-37-14-5-8-17-43(37)51-48(39)47(45)40-22-20-36(29-46(40)52)49(35-21-24-44-41(28-35)38-15-6-7-16-42(38)50-44)34-13-9-12-32(27-34)33-19-18-30-10-3-4-11-31(30)26-33/h3-29H,1-2H3. The van der Waals surface area contributed by atoms with Crippen LogP contribution in [0.4, 0.5) is 17.1 Å². The Morgan fingerprint density at radius 1 is 0.423 bits per heavy atom. The molecule has 8 aromatic carbocycles. The third kappa shape index (κ3) is 4.45. The Morgan fingerprint density at radius 3 is 1.96 bits per heavy atom. The van der Waals surface area contributed by atoms with Gasteiger partial charge in [0, 0.05) is 57.4 Å². The maximum absolute atomic E-state index is 2.54. The van der Waals surface area contributed by atoms with Gasteiger partial charge in [-0.25, -0.2) is 0 Å². The van der Waals surface area contributed by atoms with E-state index in [1.165, 1.54) is 89.9 Å². The molecule has 0 fully saturated rings. The SMILES string of the molecule is C[Si]1(C)c2cc(N(c3cccc(-c4ccc5ccccc5c4)c3)c3ccc4sc5ccccc5c4c3)ccc2-c2c1ccc1c2sc2ccccc21. The number of fused-ring (bicyclic) bond motifs is 11. The largest absolute Gasteiger partial charge is 0.310 e. The van der Waals surface area contributed by atoms with E-state index in [0.717, 1.165) is 5.69 Å². The lowest BCUT2D eigenvalue weighted by molar-refractivity contribution is 1.29. The van der Waals surface area contributed by atoms with Crippen LogP contribution in [0.1, 0.15) is 0 Å². The number of hydrogen-bond donors (Lipinski definition) is 0. The molecule has 0 N–H and O–H groups in total. The number of thiophene rings is 2. The maximum atomic E-state index is 2.54. The van der Waals surface area contributed by atoms with E-state index >= 15 is 0 Å². The molecule has 0 spiro atoms. The monoisotopic (exact) mass is 715 g/mol. The maximum Gasteiger partial charge on any atom is 0.114 e. The van der Waals surface area contributed by atoms with Crippen molar-refractivity contribution in [3.8, 4) is 22.3 Å². The van der Waals surface area contributed by atoms with Crippen molar-refractivity contribution in [2.45, 2.75) is 13.1 Å². The highest BCUT2D eigenvalue weighted by Gasteiger charge is 2.39. The zero-order chi connectivity index (χ0) is 34.6. The molecule has 11 rings (SSSR count). The Balaban J connectivity index is 1.12. The quantitative estimate of drug-likeness (QED) is 0.164. The molecule has 0 radical (unpaired) electrons. The van der Waals surface area contributed by atoms with Gasteiger partial charge >= 0.3 is 0 Å². The first kappa shape index (κ1) is 30.1. The fourth-order valence-electron chi connectivity index (χ4n) is 8.62. The Labute approximate surface area is 311 Å². The summed E-state index contributed by atoms with van der Waals surface area (Å²) in [5, 5.41) is 11.0. The van der Waals surface area contributed by atoms with Gasteiger partial charge in [0.05, 0.1) is 0 Å². The van der Waals surface area contributed by atoms with E-state index in [1.807, 2.05) is 22.7 Å². The van der Waals surface area contributed by atoms with Gasteiger partial charge in [-0.1, -0.05) is 116 Å². The lowest BCUT2D eigenvalue weighted by atomic mass is 10.00. The van der Waals surface area contributed by atoms with Gasteiger partial charge in [0.2, 0.25) is 0 Å². The molecular formula is C48H33NS2Si. The van der Waals surface area contributed by atoms with E-state index in [0.29, 0.717) is 0 Å². The predicted molar refractivity (Wildman–Crippen MR) is 232 cm³/mol. The van der Waals surface area contributed by atoms with Crippen molar-refractivity contribution in [1.82, 2.24) is 0 Å². The molecule has 0 amide bonds. The summed E-state index contributed by atoms with van der Waals surface area (Å²) in [6, 6.07) is 61.4.